The SMILES string of the molecule is C[C@@H]1CC[C@H]1N1CC[C@@H](NC(=O)c2cc(-c3ccc(F)cc3F)on2)[C@H](C(=O)N(C)C)C1. The lowest BCUT2D eigenvalue weighted by atomic mass is 9.78. The van der Waals surface area contributed by atoms with Gasteiger partial charge in [-0.25, -0.2) is 8.78 Å². The molecule has 0 spiro atoms. The maximum absolute atomic E-state index is 14.0. The van der Waals surface area contributed by atoms with E-state index in [1.807, 2.05) is 0 Å². The van der Waals surface area contributed by atoms with E-state index in [0.717, 1.165) is 25.1 Å². The first kappa shape index (κ1) is 22.4. The van der Waals surface area contributed by atoms with Gasteiger partial charge < -0.3 is 14.7 Å². The summed E-state index contributed by atoms with van der Waals surface area (Å²) in [4.78, 5) is 29.6. The summed E-state index contributed by atoms with van der Waals surface area (Å²) >= 11 is 0. The molecule has 2 aliphatic rings. The zero-order chi connectivity index (χ0) is 23.0. The molecule has 0 radical (unpaired) electrons. The van der Waals surface area contributed by atoms with Gasteiger partial charge in [0.2, 0.25) is 5.91 Å². The molecule has 0 unspecified atom stereocenters. The molecule has 4 rings (SSSR count). The van der Waals surface area contributed by atoms with Crippen molar-refractivity contribution in [2.45, 2.75) is 38.3 Å². The molecule has 2 fully saturated rings. The van der Waals surface area contributed by atoms with E-state index in [1.165, 1.54) is 18.6 Å². The number of amides is 2. The molecular weight excluding hydrogens is 418 g/mol. The molecule has 1 saturated heterocycles. The minimum absolute atomic E-state index is 0.0153. The molecule has 0 bridgehead atoms. The topological polar surface area (TPSA) is 78.7 Å². The summed E-state index contributed by atoms with van der Waals surface area (Å²) in [5, 5.41) is 6.68. The number of hydrogen-bond donors (Lipinski definition) is 1. The summed E-state index contributed by atoms with van der Waals surface area (Å²) in [6, 6.07) is 4.55. The van der Waals surface area contributed by atoms with Gasteiger partial charge in [0.25, 0.3) is 5.91 Å². The number of benzene rings is 1. The molecule has 2 amide bonds. The molecule has 2 aromatic rings. The first-order valence-corrected chi connectivity index (χ1v) is 10.9. The predicted molar refractivity (Wildman–Crippen MR) is 114 cm³/mol. The molecule has 9 heteroatoms. The molecule has 1 aromatic heterocycles. The van der Waals surface area contributed by atoms with Crippen molar-refractivity contribution in [2.24, 2.45) is 11.8 Å². The number of nitrogens with one attached hydrogen (secondary N) is 1. The van der Waals surface area contributed by atoms with E-state index < -0.39 is 17.5 Å². The van der Waals surface area contributed by atoms with E-state index in [0.29, 0.717) is 24.9 Å². The first-order chi connectivity index (χ1) is 15.2. The Morgan fingerprint density at radius 3 is 2.59 bits per heavy atom. The summed E-state index contributed by atoms with van der Waals surface area (Å²) in [6.07, 6.45) is 3.00. The van der Waals surface area contributed by atoms with Crippen LogP contribution in [-0.4, -0.2) is 66.0 Å². The summed E-state index contributed by atoms with van der Waals surface area (Å²) in [5.41, 5.74) is -0.00337. The van der Waals surface area contributed by atoms with Crippen LogP contribution in [0.15, 0.2) is 28.8 Å². The van der Waals surface area contributed by atoms with Crippen molar-refractivity contribution < 1.29 is 22.9 Å². The summed E-state index contributed by atoms with van der Waals surface area (Å²) in [5.74, 6) is -1.74. The third-order valence-electron chi connectivity index (χ3n) is 6.70. The Kier molecular flexibility index (Phi) is 6.28. The minimum atomic E-state index is -0.803. The van der Waals surface area contributed by atoms with Gasteiger partial charge in [-0.1, -0.05) is 12.1 Å². The van der Waals surface area contributed by atoms with E-state index in [-0.39, 0.29) is 34.9 Å². The van der Waals surface area contributed by atoms with Gasteiger partial charge in [-0.3, -0.25) is 14.5 Å². The molecule has 4 atom stereocenters. The van der Waals surface area contributed by atoms with E-state index in [1.54, 1.807) is 19.0 Å². The number of halogens is 2. The van der Waals surface area contributed by atoms with Crippen LogP contribution >= 0.6 is 0 Å². The van der Waals surface area contributed by atoms with Crippen LogP contribution in [0.25, 0.3) is 11.3 Å². The fourth-order valence-corrected chi connectivity index (χ4v) is 4.67. The average Bonchev–Trinajstić information content (AvgIpc) is 3.23. The number of hydrogen-bond acceptors (Lipinski definition) is 5. The Hall–Kier alpha value is -2.81. The quantitative estimate of drug-likeness (QED) is 0.764. The Morgan fingerprint density at radius 2 is 1.97 bits per heavy atom. The van der Waals surface area contributed by atoms with Gasteiger partial charge >= 0.3 is 0 Å². The van der Waals surface area contributed by atoms with Gasteiger partial charge in [-0.05, 0) is 37.3 Å². The smallest absolute Gasteiger partial charge is 0.273 e. The lowest BCUT2D eigenvalue weighted by Gasteiger charge is -2.48. The van der Waals surface area contributed by atoms with E-state index in [4.69, 9.17) is 4.52 Å². The third-order valence-corrected chi connectivity index (χ3v) is 6.70. The first-order valence-electron chi connectivity index (χ1n) is 10.9. The molecule has 1 aromatic carbocycles. The van der Waals surface area contributed by atoms with Gasteiger partial charge in [0.05, 0.1) is 11.5 Å². The highest BCUT2D eigenvalue weighted by Gasteiger charge is 2.41. The van der Waals surface area contributed by atoms with Crippen LogP contribution in [0.2, 0.25) is 0 Å². The number of likely N-dealkylation sites (tertiary alicyclic amines) is 1. The van der Waals surface area contributed by atoms with Crippen LogP contribution in [0.3, 0.4) is 0 Å². The second-order valence-corrected chi connectivity index (χ2v) is 9.03. The second-order valence-electron chi connectivity index (χ2n) is 9.03. The molecule has 1 aliphatic heterocycles. The van der Waals surface area contributed by atoms with Gasteiger partial charge in [-0.15, -0.1) is 0 Å². The van der Waals surface area contributed by atoms with Crippen molar-refractivity contribution in [1.29, 1.82) is 0 Å². The van der Waals surface area contributed by atoms with Crippen LogP contribution < -0.4 is 5.32 Å². The highest BCUT2D eigenvalue weighted by atomic mass is 19.1. The van der Waals surface area contributed by atoms with Crippen LogP contribution in [0, 0.1) is 23.5 Å². The molecule has 1 aliphatic carbocycles. The normalized spacial score (nSPS) is 25.8. The molecule has 2 heterocycles. The molecule has 32 heavy (non-hydrogen) atoms. The standard InChI is InChI=1S/C23H28F2N4O3/c1-13-4-7-20(13)29-9-8-18(16(12-29)23(31)28(2)3)26-22(30)19-11-21(32-27-19)15-6-5-14(24)10-17(15)25/h5-6,10-11,13,16,18,20H,4,7-9,12H2,1-3H3,(H,26,30)/t13-,16-,18-,20-/m1/s1. The summed E-state index contributed by atoms with van der Waals surface area (Å²) in [7, 11) is 3.43. The third kappa shape index (κ3) is 4.39. The minimum Gasteiger partial charge on any atom is -0.355 e. The van der Waals surface area contributed by atoms with Crippen molar-refractivity contribution >= 4 is 11.8 Å². The maximum atomic E-state index is 14.0. The van der Waals surface area contributed by atoms with Gasteiger partial charge in [0.15, 0.2) is 11.5 Å². The van der Waals surface area contributed by atoms with Crippen molar-refractivity contribution in [3.63, 3.8) is 0 Å². The van der Waals surface area contributed by atoms with Crippen LogP contribution in [0.5, 0.6) is 0 Å². The Bertz CT molecular complexity index is 1010. The monoisotopic (exact) mass is 446 g/mol. The van der Waals surface area contributed by atoms with Crippen LogP contribution in [0.4, 0.5) is 8.78 Å². The van der Waals surface area contributed by atoms with E-state index >= 15 is 0 Å². The van der Waals surface area contributed by atoms with Gasteiger partial charge in [-0.2, -0.15) is 0 Å². The summed E-state index contributed by atoms with van der Waals surface area (Å²) < 4.78 is 32.3. The van der Waals surface area contributed by atoms with Crippen molar-refractivity contribution in [3.8, 4) is 11.3 Å². The summed E-state index contributed by atoms with van der Waals surface area (Å²) in [6.45, 7) is 3.64. The molecule has 1 saturated carbocycles. The maximum Gasteiger partial charge on any atom is 0.273 e. The zero-order valence-electron chi connectivity index (χ0n) is 18.5. The highest BCUT2D eigenvalue weighted by Crippen LogP contribution is 2.34. The molecule has 1 N–H and O–H groups in total. The zero-order valence-corrected chi connectivity index (χ0v) is 18.5. The van der Waals surface area contributed by atoms with Crippen LogP contribution in [-0.2, 0) is 4.79 Å². The lowest BCUT2D eigenvalue weighted by Crippen LogP contribution is -2.59. The Balaban J connectivity index is 1.47. The van der Waals surface area contributed by atoms with Crippen molar-refractivity contribution in [2.75, 3.05) is 27.2 Å². The average molecular weight is 446 g/mol. The Labute approximate surface area is 185 Å². The largest absolute Gasteiger partial charge is 0.355 e. The molecule has 172 valence electrons. The predicted octanol–water partition coefficient (Wildman–Crippen LogP) is 2.93. The van der Waals surface area contributed by atoms with Crippen LogP contribution in [0.1, 0.15) is 36.7 Å². The number of piperidine rings is 1. The number of carbonyl (C=O) groups is 2. The molecule has 7 nitrogen and oxygen atoms in total. The van der Waals surface area contributed by atoms with Crippen molar-refractivity contribution in [3.05, 3.63) is 41.6 Å². The Morgan fingerprint density at radius 1 is 1.19 bits per heavy atom. The molecular formula is C23H28F2N4O3. The van der Waals surface area contributed by atoms with Gasteiger partial charge in [0.1, 0.15) is 11.6 Å². The number of aromatic nitrogens is 1. The highest BCUT2D eigenvalue weighted by molar-refractivity contribution is 5.94. The number of nitrogens with zero attached hydrogens (tertiary/aromatic N) is 3. The number of rotatable bonds is 5. The fourth-order valence-electron chi connectivity index (χ4n) is 4.67. The van der Waals surface area contributed by atoms with E-state index in [2.05, 4.69) is 22.3 Å². The fraction of sp³-hybridized carbons (Fsp3) is 0.522. The van der Waals surface area contributed by atoms with Gasteiger partial charge in [0, 0.05) is 51.4 Å². The lowest BCUT2D eigenvalue weighted by molar-refractivity contribution is -0.136. The second kappa shape index (κ2) is 8.97. The van der Waals surface area contributed by atoms with E-state index in [9.17, 15) is 18.4 Å². The van der Waals surface area contributed by atoms with Crippen molar-refractivity contribution in [1.82, 2.24) is 20.3 Å². The number of carbonyl (C=O) groups excluding carboxylic acids is 2.